The van der Waals surface area contributed by atoms with Crippen LogP contribution >= 0.6 is 0 Å². The minimum Gasteiger partial charge on any atom is -0.859 e. The Hall–Kier alpha value is -2.25. The molecule has 1 aromatic heterocycles. The highest BCUT2D eigenvalue weighted by Crippen LogP contribution is 1.95. The zero-order valence-corrected chi connectivity index (χ0v) is 6.17. The maximum atomic E-state index is 10.7. The van der Waals surface area contributed by atoms with E-state index in [9.17, 15) is 15.0 Å². The molecule has 0 radical (unpaired) electrons. The zero-order valence-electron chi connectivity index (χ0n) is 6.17. The third-order valence-corrected chi connectivity index (χ3v) is 0.906. The number of aliphatic imine (C=N–C) groups is 1. The molecule has 1 heterocycles. The van der Waals surface area contributed by atoms with Gasteiger partial charge in [0.15, 0.2) is 0 Å². The molecule has 0 saturated carbocycles. The summed E-state index contributed by atoms with van der Waals surface area (Å²) in [5.74, 6) is -2.43. The van der Waals surface area contributed by atoms with Crippen LogP contribution in [0.15, 0.2) is 17.1 Å². The Bertz CT molecular complexity index is 341. The normalized spacial score (nSPS) is 12.2. The quantitative estimate of drug-likeness (QED) is 0.298. The fourth-order valence-corrected chi connectivity index (χ4v) is 0.479. The third kappa shape index (κ3) is 3.10. The van der Waals surface area contributed by atoms with Crippen molar-refractivity contribution in [3.8, 4) is 0 Å². The smallest absolute Gasteiger partial charge is 0.288 e. The summed E-state index contributed by atoms with van der Waals surface area (Å²) in [5.41, 5.74) is 0. The third-order valence-electron chi connectivity index (χ3n) is 0.906. The Morgan fingerprint density at radius 2 is 2.23 bits per heavy atom. The standard InChI is InChI=1S/C5H5N5O3/c11-3(1-2-4(12)13)6-5-7-9-10-8-5/h1-2H,(H,12,13)(H2,6,7,8,9,10,11)/p-2. The van der Waals surface area contributed by atoms with Gasteiger partial charge in [-0.15, -0.1) is 5.10 Å². The van der Waals surface area contributed by atoms with Crippen molar-refractivity contribution < 1.29 is 15.0 Å². The Morgan fingerprint density at radius 3 is 2.77 bits per heavy atom. The Morgan fingerprint density at radius 1 is 1.46 bits per heavy atom. The highest BCUT2D eigenvalue weighted by atomic mass is 16.4. The summed E-state index contributed by atoms with van der Waals surface area (Å²) in [7, 11) is 0. The number of nitrogens with zero attached hydrogens (tertiary/aromatic N) is 4. The first-order valence-electron chi connectivity index (χ1n) is 3.06. The van der Waals surface area contributed by atoms with Crippen molar-refractivity contribution in [2.75, 3.05) is 0 Å². The number of rotatable bonds is 3. The van der Waals surface area contributed by atoms with Gasteiger partial charge in [0.05, 0.1) is 5.97 Å². The lowest BCUT2D eigenvalue weighted by Gasteiger charge is -2.01. The van der Waals surface area contributed by atoms with Crippen LogP contribution in [0.25, 0.3) is 0 Å². The maximum Gasteiger partial charge on any atom is 0.288 e. The molecule has 1 rings (SSSR count). The molecule has 0 aromatic carbocycles. The van der Waals surface area contributed by atoms with Gasteiger partial charge in [0, 0.05) is 0 Å². The van der Waals surface area contributed by atoms with Crippen LogP contribution in [-0.2, 0) is 4.79 Å². The molecule has 0 aliphatic rings. The molecule has 0 spiro atoms. The number of aromatic nitrogens is 4. The van der Waals surface area contributed by atoms with Gasteiger partial charge in [0.2, 0.25) is 0 Å². The fraction of sp³-hybridized carbons (Fsp3) is 0. The molecule has 0 unspecified atom stereocenters. The van der Waals surface area contributed by atoms with Crippen molar-refractivity contribution in [3.63, 3.8) is 0 Å². The predicted molar refractivity (Wildman–Crippen MR) is 35.4 cm³/mol. The number of aromatic amines is 1. The summed E-state index contributed by atoms with van der Waals surface area (Å²) in [5, 5.41) is 32.5. The number of H-pyrrole nitrogens is 1. The van der Waals surface area contributed by atoms with Gasteiger partial charge in [0.1, 0.15) is 0 Å². The highest BCUT2D eigenvalue weighted by Gasteiger charge is 1.89. The van der Waals surface area contributed by atoms with Crippen LogP contribution in [0.2, 0.25) is 0 Å². The SMILES string of the molecule is O=C([O-])C=CC([O-])=Nc1nn[nH]n1. The van der Waals surface area contributed by atoms with Crippen molar-refractivity contribution in [1.82, 2.24) is 20.6 Å². The number of carbonyl (C=O) groups excluding carboxylic acids is 1. The number of hydrogen-bond donors (Lipinski definition) is 1. The van der Waals surface area contributed by atoms with Crippen molar-refractivity contribution in [1.29, 1.82) is 0 Å². The zero-order chi connectivity index (χ0) is 9.68. The van der Waals surface area contributed by atoms with E-state index in [0.29, 0.717) is 6.08 Å². The average Bonchev–Trinajstić information content (AvgIpc) is 2.53. The van der Waals surface area contributed by atoms with Crippen LogP contribution in [-0.4, -0.2) is 32.5 Å². The van der Waals surface area contributed by atoms with Crippen LogP contribution < -0.4 is 10.2 Å². The van der Waals surface area contributed by atoms with Crippen LogP contribution in [0.3, 0.4) is 0 Å². The molecule has 0 fully saturated rings. The molecule has 1 N–H and O–H groups in total. The molecule has 0 amide bonds. The van der Waals surface area contributed by atoms with Crippen molar-refractivity contribution in [3.05, 3.63) is 12.2 Å². The summed E-state index contributed by atoms with van der Waals surface area (Å²) >= 11 is 0. The molecule has 13 heavy (non-hydrogen) atoms. The summed E-state index contributed by atoms with van der Waals surface area (Å²) in [6.07, 6.45) is 1.29. The van der Waals surface area contributed by atoms with Crippen molar-refractivity contribution in [2.45, 2.75) is 0 Å². The number of aliphatic carboxylic acids is 1. The van der Waals surface area contributed by atoms with E-state index in [1.807, 2.05) is 0 Å². The largest absolute Gasteiger partial charge is 0.859 e. The van der Waals surface area contributed by atoms with Gasteiger partial charge >= 0.3 is 0 Å². The van der Waals surface area contributed by atoms with E-state index >= 15 is 0 Å². The summed E-state index contributed by atoms with van der Waals surface area (Å²) < 4.78 is 0. The molecule has 8 heteroatoms. The number of carboxylic acid groups (broad SMARTS) is 1. The Labute approximate surface area is 71.6 Å². The first kappa shape index (κ1) is 8.84. The van der Waals surface area contributed by atoms with E-state index in [1.165, 1.54) is 0 Å². The summed E-state index contributed by atoms with van der Waals surface area (Å²) in [6, 6.07) is 0. The number of carboxylic acids is 1. The van der Waals surface area contributed by atoms with Crippen LogP contribution in [0.4, 0.5) is 5.95 Å². The van der Waals surface area contributed by atoms with Gasteiger partial charge in [-0.3, -0.25) is 0 Å². The van der Waals surface area contributed by atoms with E-state index < -0.39 is 11.9 Å². The molecule has 8 nitrogen and oxygen atoms in total. The average molecular weight is 181 g/mol. The maximum absolute atomic E-state index is 10.7. The minimum atomic E-state index is -1.48. The molecular formula is C5H3N5O3-2. The Balaban J connectivity index is 2.67. The van der Waals surface area contributed by atoms with Crippen molar-refractivity contribution >= 4 is 17.8 Å². The molecule has 0 bridgehead atoms. The van der Waals surface area contributed by atoms with Crippen molar-refractivity contribution in [2.24, 2.45) is 4.99 Å². The number of tetrazole rings is 1. The molecule has 1 aromatic rings. The number of carbonyl (C=O) groups is 1. The number of hydrogen-bond acceptors (Lipinski definition) is 7. The van der Waals surface area contributed by atoms with Gasteiger partial charge in [-0.1, -0.05) is 5.10 Å². The van der Waals surface area contributed by atoms with Gasteiger partial charge in [-0.05, 0) is 23.3 Å². The van der Waals surface area contributed by atoms with E-state index in [2.05, 4.69) is 25.6 Å². The number of nitrogens with one attached hydrogen (secondary N) is 1. The topological polar surface area (TPSA) is 130 Å². The second-order valence-corrected chi connectivity index (χ2v) is 1.81. The first-order chi connectivity index (χ1) is 6.18. The lowest BCUT2D eigenvalue weighted by molar-refractivity contribution is -0.297. The predicted octanol–water partition coefficient (Wildman–Crippen LogP) is -3.10. The minimum absolute atomic E-state index is 0.159. The van der Waals surface area contributed by atoms with Crippen LogP contribution in [0.5, 0.6) is 0 Å². The second-order valence-electron chi connectivity index (χ2n) is 1.81. The van der Waals surface area contributed by atoms with Gasteiger partial charge in [-0.2, -0.15) is 5.21 Å². The van der Waals surface area contributed by atoms with E-state index in [-0.39, 0.29) is 5.95 Å². The van der Waals surface area contributed by atoms with Gasteiger partial charge < -0.3 is 15.0 Å². The van der Waals surface area contributed by atoms with E-state index in [4.69, 9.17) is 0 Å². The first-order valence-corrected chi connectivity index (χ1v) is 3.06. The molecule has 0 aliphatic carbocycles. The second kappa shape index (κ2) is 3.95. The van der Waals surface area contributed by atoms with Crippen LogP contribution in [0, 0.1) is 0 Å². The van der Waals surface area contributed by atoms with Gasteiger partial charge in [-0.25, -0.2) is 4.99 Å². The highest BCUT2D eigenvalue weighted by molar-refractivity contribution is 5.91. The summed E-state index contributed by atoms with van der Waals surface area (Å²) in [4.78, 5) is 13.1. The lowest BCUT2D eigenvalue weighted by atomic mass is 10.5. The monoisotopic (exact) mass is 181 g/mol. The molecule has 0 atom stereocenters. The van der Waals surface area contributed by atoms with Crippen LogP contribution in [0.1, 0.15) is 0 Å². The van der Waals surface area contributed by atoms with Gasteiger partial charge in [0.25, 0.3) is 5.95 Å². The molecule has 0 saturated heterocycles. The summed E-state index contributed by atoms with van der Waals surface area (Å²) in [6.45, 7) is 0. The Kier molecular flexibility index (Phi) is 2.69. The molecular weight excluding hydrogens is 178 g/mol. The lowest BCUT2D eigenvalue weighted by Crippen LogP contribution is -2.21. The fourth-order valence-electron chi connectivity index (χ4n) is 0.479. The molecule has 68 valence electrons. The van der Waals surface area contributed by atoms with E-state index in [1.54, 1.807) is 0 Å². The van der Waals surface area contributed by atoms with E-state index in [0.717, 1.165) is 6.08 Å². The molecule has 0 aliphatic heterocycles.